The van der Waals surface area contributed by atoms with Crippen LogP contribution in [0.1, 0.15) is 23.4 Å². The van der Waals surface area contributed by atoms with Crippen LogP contribution in [0.25, 0.3) is 0 Å². The Kier molecular flexibility index (Phi) is 3.82. The first kappa shape index (κ1) is 13.5. The Morgan fingerprint density at radius 1 is 1.32 bits per heavy atom. The largest absolute Gasteiger partial charge is 0.333 e. The van der Waals surface area contributed by atoms with E-state index in [1.165, 1.54) is 18.2 Å². The van der Waals surface area contributed by atoms with Crippen molar-refractivity contribution in [1.29, 1.82) is 0 Å². The van der Waals surface area contributed by atoms with Gasteiger partial charge in [0.2, 0.25) is 0 Å². The first-order valence-electron chi connectivity index (χ1n) is 5.28. The van der Waals surface area contributed by atoms with E-state index in [1.54, 1.807) is 6.92 Å². The number of nitrogens with zero attached hydrogens (tertiary/aromatic N) is 2. The average Bonchev–Trinajstić information content (AvgIpc) is 2.70. The van der Waals surface area contributed by atoms with Crippen LogP contribution in [-0.2, 0) is 0 Å². The predicted octanol–water partition coefficient (Wildman–Crippen LogP) is 3.78. The lowest BCUT2D eigenvalue weighted by Crippen LogP contribution is -1.98. The van der Waals surface area contributed by atoms with E-state index in [0.29, 0.717) is 15.8 Å². The summed E-state index contributed by atoms with van der Waals surface area (Å²) in [5, 5.41) is 3.61. The number of benzene rings is 1. The van der Waals surface area contributed by atoms with Crippen molar-refractivity contribution in [3.63, 3.8) is 0 Å². The van der Waals surface area contributed by atoms with Crippen molar-refractivity contribution in [3.8, 4) is 11.8 Å². The Morgan fingerprint density at radius 3 is 2.63 bits per heavy atom. The summed E-state index contributed by atoms with van der Waals surface area (Å²) in [6, 6.07) is 4.12. The first-order valence-corrected chi connectivity index (χ1v) is 5.66. The number of hydrogen-bond acceptors (Lipinski definition) is 1. The van der Waals surface area contributed by atoms with E-state index in [9.17, 15) is 13.2 Å². The van der Waals surface area contributed by atoms with Gasteiger partial charge in [0.25, 0.3) is 0 Å². The van der Waals surface area contributed by atoms with Gasteiger partial charge in [-0.05, 0) is 36.6 Å². The van der Waals surface area contributed by atoms with Gasteiger partial charge in [-0.2, -0.15) is 13.9 Å². The van der Waals surface area contributed by atoms with E-state index in [-0.39, 0.29) is 16.5 Å². The predicted molar refractivity (Wildman–Crippen MR) is 65.6 cm³/mol. The van der Waals surface area contributed by atoms with Gasteiger partial charge in [0.15, 0.2) is 5.69 Å². The smallest absolute Gasteiger partial charge is 0.209 e. The molecule has 0 aliphatic rings. The van der Waals surface area contributed by atoms with Crippen LogP contribution in [0.5, 0.6) is 0 Å². The van der Waals surface area contributed by atoms with Crippen molar-refractivity contribution < 1.29 is 13.2 Å². The van der Waals surface area contributed by atoms with Gasteiger partial charge in [0.05, 0.1) is 11.2 Å². The van der Waals surface area contributed by atoms with Gasteiger partial charge in [-0.3, -0.25) is 0 Å². The number of rotatable bonds is 1. The molecule has 0 radical (unpaired) electrons. The van der Waals surface area contributed by atoms with Crippen LogP contribution >= 0.6 is 11.6 Å². The molecule has 0 amide bonds. The Hall–Kier alpha value is -1.93. The number of alkyl halides is 2. The maximum atomic E-state index is 12.9. The molecule has 0 bridgehead atoms. The lowest BCUT2D eigenvalue weighted by Gasteiger charge is -1.96. The quantitative estimate of drug-likeness (QED) is 0.729. The summed E-state index contributed by atoms with van der Waals surface area (Å²) >= 11 is 5.74. The van der Waals surface area contributed by atoms with Crippen LogP contribution < -0.4 is 0 Å². The minimum absolute atomic E-state index is 0.0487. The van der Waals surface area contributed by atoms with Gasteiger partial charge < -0.3 is 0 Å². The topological polar surface area (TPSA) is 17.8 Å². The van der Waals surface area contributed by atoms with E-state index < -0.39 is 6.55 Å². The SMILES string of the molecule is Cc1cc(F)ccc1C#Cc1nn(C(F)F)cc1Cl. The molecule has 0 aliphatic heterocycles. The number of aryl methyl sites for hydroxylation is 1. The van der Waals surface area contributed by atoms with Crippen LogP contribution in [-0.4, -0.2) is 9.78 Å². The van der Waals surface area contributed by atoms with Crippen LogP contribution in [0.2, 0.25) is 5.02 Å². The molecule has 0 fully saturated rings. The van der Waals surface area contributed by atoms with Crippen LogP contribution in [0, 0.1) is 24.6 Å². The third kappa shape index (κ3) is 3.09. The van der Waals surface area contributed by atoms with Gasteiger partial charge in [-0.25, -0.2) is 9.07 Å². The molecule has 0 unspecified atom stereocenters. The molecule has 1 aromatic heterocycles. The molecule has 2 aromatic rings. The van der Waals surface area contributed by atoms with Gasteiger partial charge in [0, 0.05) is 5.56 Å². The van der Waals surface area contributed by atoms with Crippen LogP contribution in [0.3, 0.4) is 0 Å². The highest BCUT2D eigenvalue weighted by atomic mass is 35.5. The highest BCUT2D eigenvalue weighted by molar-refractivity contribution is 6.31. The summed E-state index contributed by atoms with van der Waals surface area (Å²) in [6.07, 6.45) is 1.01. The summed E-state index contributed by atoms with van der Waals surface area (Å²) < 4.78 is 38.1. The highest BCUT2D eigenvalue weighted by Gasteiger charge is 2.11. The fourth-order valence-electron chi connectivity index (χ4n) is 1.45. The average molecular weight is 285 g/mol. The molecule has 0 spiro atoms. The third-order valence-corrected chi connectivity index (χ3v) is 2.67. The summed E-state index contributed by atoms with van der Waals surface area (Å²) in [7, 11) is 0. The lowest BCUT2D eigenvalue weighted by atomic mass is 10.1. The Balaban J connectivity index is 2.33. The lowest BCUT2D eigenvalue weighted by molar-refractivity contribution is 0.0565. The molecular weight excluding hydrogens is 277 g/mol. The molecule has 6 heteroatoms. The molecule has 0 saturated carbocycles. The van der Waals surface area contributed by atoms with Crippen molar-refractivity contribution >= 4 is 11.6 Å². The maximum absolute atomic E-state index is 12.9. The van der Waals surface area contributed by atoms with Crippen LogP contribution in [0.15, 0.2) is 24.4 Å². The fourth-order valence-corrected chi connectivity index (χ4v) is 1.63. The Morgan fingerprint density at radius 2 is 2.05 bits per heavy atom. The summed E-state index contributed by atoms with van der Waals surface area (Å²) in [4.78, 5) is 0. The highest BCUT2D eigenvalue weighted by Crippen LogP contribution is 2.18. The standard InChI is InChI=1S/C13H8ClF3N2/c1-8-6-10(15)4-2-9(8)3-5-12-11(14)7-19(18-12)13(16)17/h2,4,6-7,13H,1H3. The molecule has 0 N–H and O–H groups in total. The molecule has 2 rings (SSSR count). The van der Waals surface area contributed by atoms with E-state index in [1.807, 2.05) is 0 Å². The minimum atomic E-state index is -2.76. The Labute approximate surface area is 112 Å². The number of hydrogen-bond donors (Lipinski definition) is 0. The van der Waals surface area contributed by atoms with E-state index >= 15 is 0 Å². The summed E-state index contributed by atoms with van der Waals surface area (Å²) in [5.41, 5.74) is 1.30. The monoisotopic (exact) mass is 284 g/mol. The van der Waals surface area contributed by atoms with Crippen LogP contribution in [0.4, 0.5) is 13.2 Å². The molecular formula is C13H8ClF3N2. The van der Waals surface area contributed by atoms with E-state index in [0.717, 1.165) is 6.20 Å². The molecule has 0 atom stereocenters. The normalized spacial score (nSPS) is 10.4. The number of aromatic nitrogens is 2. The van der Waals surface area contributed by atoms with Gasteiger partial charge in [0.1, 0.15) is 5.82 Å². The first-order chi connectivity index (χ1) is 8.97. The minimum Gasteiger partial charge on any atom is -0.209 e. The molecule has 0 aliphatic carbocycles. The second-order valence-corrected chi connectivity index (χ2v) is 4.20. The zero-order valence-corrected chi connectivity index (χ0v) is 10.5. The molecule has 19 heavy (non-hydrogen) atoms. The molecule has 1 aromatic carbocycles. The summed E-state index contributed by atoms with van der Waals surface area (Å²) in [5.74, 6) is 4.96. The summed E-state index contributed by atoms with van der Waals surface area (Å²) in [6.45, 7) is -1.06. The third-order valence-electron chi connectivity index (χ3n) is 2.39. The van der Waals surface area contributed by atoms with Gasteiger partial charge >= 0.3 is 6.55 Å². The molecule has 98 valence electrons. The van der Waals surface area contributed by atoms with E-state index in [4.69, 9.17) is 11.6 Å². The Bertz CT molecular complexity index is 668. The molecule has 0 saturated heterocycles. The van der Waals surface area contributed by atoms with E-state index in [2.05, 4.69) is 16.9 Å². The molecule has 1 heterocycles. The van der Waals surface area contributed by atoms with Gasteiger partial charge in [-0.1, -0.05) is 17.5 Å². The fraction of sp³-hybridized carbons (Fsp3) is 0.154. The van der Waals surface area contributed by atoms with Crippen molar-refractivity contribution in [2.24, 2.45) is 0 Å². The molecule has 2 nitrogen and oxygen atoms in total. The van der Waals surface area contributed by atoms with Crippen molar-refractivity contribution in [2.75, 3.05) is 0 Å². The van der Waals surface area contributed by atoms with Gasteiger partial charge in [-0.15, -0.1) is 0 Å². The second-order valence-electron chi connectivity index (χ2n) is 3.79. The van der Waals surface area contributed by atoms with Crippen molar-refractivity contribution in [1.82, 2.24) is 9.78 Å². The number of halogens is 4. The van der Waals surface area contributed by atoms with Crippen molar-refractivity contribution in [3.05, 3.63) is 52.1 Å². The zero-order chi connectivity index (χ0) is 14.0. The van der Waals surface area contributed by atoms with Crippen molar-refractivity contribution in [2.45, 2.75) is 13.5 Å². The zero-order valence-electron chi connectivity index (χ0n) is 9.79. The maximum Gasteiger partial charge on any atom is 0.333 e. The second kappa shape index (κ2) is 5.37.